The summed E-state index contributed by atoms with van der Waals surface area (Å²) in [4.78, 5) is 0. The van der Waals surface area contributed by atoms with E-state index in [-0.39, 0.29) is 0 Å². The van der Waals surface area contributed by atoms with Gasteiger partial charge in [0.15, 0.2) is 0 Å². The van der Waals surface area contributed by atoms with Crippen LogP contribution in [0.15, 0.2) is 36.4 Å². The molecular weight excluding hydrogens is 230 g/mol. The second kappa shape index (κ2) is 5.08. The first-order valence-corrected chi connectivity index (χ1v) is 7.14. The average molecular weight is 251 g/mol. The Bertz CT molecular complexity index is 599. The first kappa shape index (κ1) is 12.3. The Labute approximate surface area is 115 Å². The standard InChI is InChI=1S/C18H21N/c1-13-6-7-14(2)18(10-13)19-12-15-8-9-16-4-3-5-17(16)11-15/h6-11,19H,3-5,12H2,1-2H3. The van der Waals surface area contributed by atoms with Crippen molar-refractivity contribution in [3.05, 3.63) is 64.2 Å². The highest BCUT2D eigenvalue weighted by Gasteiger charge is 2.10. The van der Waals surface area contributed by atoms with Gasteiger partial charge in [-0.15, -0.1) is 0 Å². The molecule has 3 rings (SSSR count). The molecule has 0 fully saturated rings. The van der Waals surface area contributed by atoms with Crippen molar-refractivity contribution in [2.24, 2.45) is 0 Å². The summed E-state index contributed by atoms with van der Waals surface area (Å²) in [6, 6.07) is 13.5. The van der Waals surface area contributed by atoms with Crippen molar-refractivity contribution in [3.63, 3.8) is 0 Å². The fourth-order valence-electron chi connectivity index (χ4n) is 2.86. The number of anilines is 1. The van der Waals surface area contributed by atoms with E-state index < -0.39 is 0 Å². The summed E-state index contributed by atoms with van der Waals surface area (Å²) in [7, 11) is 0. The van der Waals surface area contributed by atoms with Crippen LogP contribution in [-0.2, 0) is 19.4 Å². The Morgan fingerprint density at radius 1 is 0.947 bits per heavy atom. The topological polar surface area (TPSA) is 12.0 Å². The summed E-state index contributed by atoms with van der Waals surface area (Å²) in [5.74, 6) is 0. The molecule has 0 bridgehead atoms. The largest absolute Gasteiger partial charge is 0.381 e. The second-order valence-corrected chi connectivity index (χ2v) is 5.63. The van der Waals surface area contributed by atoms with E-state index in [0.29, 0.717) is 0 Å². The van der Waals surface area contributed by atoms with Gasteiger partial charge in [-0.3, -0.25) is 0 Å². The third kappa shape index (κ3) is 2.65. The Morgan fingerprint density at radius 3 is 2.68 bits per heavy atom. The molecule has 0 heterocycles. The van der Waals surface area contributed by atoms with E-state index in [4.69, 9.17) is 0 Å². The molecule has 1 nitrogen and oxygen atoms in total. The van der Waals surface area contributed by atoms with Gasteiger partial charge >= 0.3 is 0 Å². The van der Waals surface area contributed by atoms with Gasteiger partial charge in [0.25, 0.3) is 0 Å². The molecule has 2 aromatic rings. The molecule has 0 unspecified atom stereocenters. The van der Waals surface area contributed by atoms with Crippen LogP contribution in [0.5, 0.6) is 0 Å². The van der Waals surface area contributed by atoms with Crippen molar-refractivity contribution in [2.45, 2.75) is 39.7 Å². The Hall–Kier alpha value is -1.76. The molecule has 0 aromatic heterocycles. The number of nitrogens with one attached hydrogen (secondary N) is 1. The summed E-state index contributed by atoms with van der Waals surface area (Å²) >= 11 is 0. The molecule has 1 aliphatic rings. The van der Waals surface area contributed by atoms with Crippen LogP contribution in [-0.4, -0.2) is 0 Å². The maximum atomic E-state index is 3.56. The SMILES string of the molecule is Cc1ccc(C)c(NCc2ccc3c(c2)CCC3)c1. The minimum Gasteiger partial charge on any atom is -0.381 e. The number of hydrogen-bond acceptors (Lipinski definition) is 1. The molecule has 0 aliphatic heterocycles. The normalized spacial score (nSPS) is 13.4. The van der Waals surface area contributed by atoms with Crippen molar-refractivity contribution < 1.29 is 0 Å². The summed E-state index contributed by atoms with van der Waals surface area (Å²) < 4.78 is 0. The molecule has 98 valence electrons. The van der Waals surface area contributed by atoms with E-state index in [9.17, 15) is 0 Å². The fourth-order valence-corrected chi connectivity index (χ4v) is 2.86. The number of rotatable bonds is 3. The summed E-state index contributed by atoms with van der Waals surface area (Å²) in [5, 5.41) is 3.56. The number of hydrogen-bond donors (Lipinski definition) is 1. The van der Waals surface area contributed by atoms with E-state index in [1.165, 1.54) is 41.6 Å². The highest BCUT2D eigenvalue weighted by molar-refractivity contribution is 5.53. The van der Waals surface area contributed by atoms with Crippen LogP contribution in [0.4, 0.5) is 5.69 Å². The van der Waals surface area contributed by atoms with Crippen LogP contribution >= 0.6 is 0 Å². The zero-order chi connectivity index (χ0) is 13.2. The molecule has 1 heteroatoms. The average Bonchev–Trinajstić information content (AvgIpc) is 2.87. The number of fused-ring (bicyclic) bond motifs is 1. The highest BCUT2D eigenvalue weighted by atomic mass is 14.9. The maximum Gasteiger partial charge on any atom is 0.0400 e. The predicted octanol–water partition coefficient (Wildman–Crippen LogP) is 4.40. The Balaban J connectivity index is 1.74. The van der Waals surface area contributed by atoms with E-state index in [1.54, 1.807) is 11.1 Å². The molecule has 0 saturated carbocycles. The highest BCUT2D eigenvalue weighted by Crippen LogP contribution is 2.23. The maximum absolute atomic E-state index is 3.56. The Kier molecular flexibility index (Phi) is 3.29. The van der Waals surface area contributed by atoms with Gasteiger partial charge in [-0.05, 0) is 67.0 Å². The molecule has 1 N–H and O–H groups in total. The van der Waals surface area contributed by atoms with Crippen molar-refractivity contribution in [3.8, 4) is 0 Å². The quantitative estimate of drug-likeness (QED) is 0.852. The van der Waals surface area contributed by atoms with E-state index in [0.717, 1.165) is 6.54 Å². The van der Waals surface area contributed by atoms with Gasteiger partial charge in [0, 0.05) is 12.2 Å². The van der Waals surface area contributed by atoms with Crippen LogP contribution in [0.2, 0.25) is 0 Å². The van der Waals surface area contributed by atoms with E-state index in [1.807, 2.05) is 0 Å². The molecule has 0 atom stereocenters. The number of benzene rings is 2. The molecule has 0 spiro atoms. The smallest absolute Gasteiger partial charge is 0.0400 e. The predicted molar refractivity (Wildman–Crippen MR) is 81.7 cm³/mol. The lowest BCUT2D eigenvalue weighted by molar-refractivity contribution is 0.911. The molecule has 0 radical (unpaired) electrons. The minimum atomic E-state index is 0.914. The zero-order valence-electron chi connectivity index (χ0n) is 11.8. The lowest BCUT2D eigenvalue weighted by Crippen LogP contribution is -2.02. The van der Waals surface area contributed by atoms with Gasteiger partial charge in [-0.1, -0.05) is 30.3 Å². The van der Waals surface area contributed by atoms with Crippen LogP contribution in [0.1, 0.15) is 34.2 Å². The van der Waals surface area contributed by atoms with Gasteiger partial charge in [-0.2, -0.15) is 0 Å². The van der Waals surface area contributed by atoms with Crippen LogP contribution in [0, 0.1) is 13.8 Å². The lowest BCUT2D eigenvalue weighted by Gasteiger charge is -2.11. The molecule has 1 aliphatic carbocycles. The first-order valence-electron chi connectivity index (χ1n) is 7.14. The monoisotopic (exact) mass is 251 g/mol. The minimum absolute atomic E-state index is 0.914. The molecule has 19 heavy (non-hydrogen) atoms. The Morgan fingerprint density at radius 2 is 1.79 bits per heavy atom. The summed E-state index contributed by atoms with van der Waals surface area (Å²) in [6.07, 6.45) is 3.84. The molecule has 0 amide bonds. The first-order chi connectivity index (χ1) is 9.22. The van der Waals surface area contributed by atoms with E-state index in [2.05, 4.69) is 55.6 Å². The third-order valence-corrected chi connectivity index (χ3v) is 4.04. The van der Waals surface area contributed by atoms with Crippen molar-refractivity contribution in [1.29, 1.82) is 0 Å². The van der Waals surface area contributed by atoms with Gasteiger partial charge in [0.2, 0.25) is 0 Å². The fraction of sp³-hybridized carbons (Fsp3) is 0.333. The molecule has 2 aromatic carbocycles. The van der Waals surface area contributed by atoms with E-state index >= 15 is 0 Å². The van der Waals surface area contributed by atoms with Crippen LogP contribution in [0.25, 0.3) is 0 Å². The van der Waals surface area contributed by atoms with Crippen LogP contribution in [0.3, 0.4) is 0 Å². The van der Waals surface area contributed by atoms with Crippen molar-refractivity contribution in [1.82, 2.24) is 0 Å². The van der Waals surface area contributed by atoms with Crippen LogP contribution < -0.4 is 5.32 Å². The molecular formula is C18H21N. The second-order valence-electron chi connectivity index (χ2n) is 5.63. The van der Waals surface area contributed by atoms with Crippen molar-refractivity contribution in [2.75, 3.05) is 5.32 Å². The zero-order valence-corrected chi connectivity index (χ0v) is 11.8. The molecule has 0 saturated heterocycles. The number of aryl methyl sites for hydroxylation is 4. The van der Waals surface area contributed by atoms with Gasteiger partial charge in [0.05, 0.1) is 0 Å². The third-order valence-electron chi connectivity index (χ3n) is 4.04. The van der Waals surface area contributed by atoms with Gasteiger partial charge in [-0.25, -0.2) is 0 Å². The van der Waals surface area contributed by atoms with Gasteiger partial charge < -0.3 is 5.32 Å². The summed E-state index contributed by atoms with van der Waals surface area (Å²) in [5.41, 5.74) is 8.37. The van der Waals surface area contributed by atoms with Gasteiger partial charge in [0.1, 0.15) is 0 Å². The summed E-state index contributed by atoms with van der Waals surface area (Å²) in [6.45, 7) is 5.21. The lowest BCUT2D eigenvalue weighted by atomic mass is 10.1. The van der Waals surface area contributed by atoms with Crippen molar-refractivity contribution >= 4 is 5.69 Å².